The van der Waals surface area contributed by atoms with Crippen molar-refractivity contribution < 1.29 is 0 Å². The molecule has 2 aromatic rings. The van der Waals surface area contributed by atoms with Gasteiger partial charge in [-0.25, -0.2) is 4.98 Å². The van der Waals surface area contributed by atoms with E-state index in [1.54, 1.807) is 0 Å². The van der Waals surface area contributed by atoms with Crippen molar-refractivity contribution in [3.63, 3.8) is 0 Å². The van der Waals surface area contributed by atoms with Crippen LogP contribution in [-0.2, 0) is 12.4 Å². The number of rotatable bonds is 5. The molecule has 0 aliphatic carbocycles. The van der Waals surface area contributed by atoms with Gasteiger partial charge in [0.25, 0.3) is 0 Å². The molecule has 0 N–H and O–H groups in total. The fourth-order valence-corrected chi connectivity index (χ4v) is 3.27. The zero-order valence-electron chi connectivity index (χ0n) is 10.9. The van der Waals surface area contributed by atoms with Crippen LogP contribution in [0.2, 0.25) is 5.15 Å². The van der Waals surface area contributed by atoms with Crippen LogP contribution in [0, 0.1) is 6.92 Å². The Bertz CT molecular complexity index is 557. The summed E-state index contributed by atoms with van der Waals surface area (Å²) in [5.74, 6) is 0.400. The van der Waals surface area contributed by atoms with Crippen LogP contribution in [0.4, 0.5) is 5.13 Å². The van der Waals surface area contributed by atoms with Crippen molar-refractivity contribution in [2.75, 3.05) is 11.4 Å². The molecule has 0 spiro atoms. The summed E-state index contributed by atoms with van der Waals surface area (Å²) in [6.45, 7) is 5.65. The lowest BCUT2D eigenvalue weighted by Gasteiger charge is -2.19. The van der Waals surface area contributed by atoms with E-state index >= 15 is 0 Å². The molecule has 0 unspecified atom stereocenters. The van der Waals surface area contributed by atoms with Crippen LogP contribution in [-0.4, -0.2) is 16.5 Å². The van der Waals surface area contributed by atoms with E-state index in [1.165, 1.54) is 11.3 Å². The second-order valence-corrected chi connectivity index (χ2v) is 5.82. The van der Waals surface area contributed by atoms with Gasteiger partial charge in [-0.1, -0.05) is 29.0 Å². The number of hydrogen-bond acceptors (Lipinski definition) is 4. The highest BCUT2D eigenvalue weighted by Crippen LogP contribution is 2.31. The smallest absolute Gasteiger partial charge is 0.187 e. The van der Waals surface area contributed by atoms with Gasteiger partial charge < -0.3 is 4.90 Å². The van der Waals surface area contributed by atoms with Gasteiger partial charge in [0.05, 0.1) is 23.0 Å². The van der Waals surface area contributed by atoms with Crippen molar-refractivity contribution in [1.82, 2.24) is 9.97 Å². The highest BCUT2D eigenvalue weighted by Gasteiger charge is 2.14. The predicted molar refractivity (Wildman–Crippen MR) is 82.4 cm³/mol. The molecular formula is C13H15Cl2N3S. The van der Waals surface area contributed by atoms with Gasteiger partial charge in [0, 0.05) is 12.2 Å². The van der Waals surface area contributed by atoms with E-state index in [-0.39, 0.29) is 0 Å². The summed E-state index contributed by atoms with van der Waals surface area (Å²) in [7, 11) is 0. The molecule has 6 heteroatoms. The molecule has 0 fully saturated rings. The van der Waals surface area contributed by atoms with Crippen LogP contribution < -0.4 is 4.90 Å². The van der Waals surface area contributed by atoms with Gasteiger partial charge in [0.1, 0.15) is 5.15 Å². The van der Waals surface area contributed by atoms with E-state index in [4.69, 9.17) is 23.2 Å². The molecule has 19 heavy (non-hydrogen) atoms. The third kappa shape index (κ3) is 3.59. The Morgan fingerprint density at radius 1 is 1.32 bits per heavy atom. The summed E-state index contributed by atoms with van der Waals surface area (Å²) in [5, 5.41) is 1.40. The van der Waals surface area contributed by atoms with E-state index in [0.29, 0.717) is 11.0 Å². The van der Waals surface area contributed by atoms with Crippen LogP contribution in [0.15, 0.2) is 18.2 Å². The lowest BCUT2D eigenvalue weighted by Crippen LogP contribution is -2.22. The monoisotopic (exact) mass is 315 g/mol. The summed E-state index contributed by atoms with van der Waals surface area (Å²) in [6, 6.07) is 6.03. The number of aromatic nitrogens is 2. The van der Waals surface area contributed by atoms with Crippen LogP contribution >= 0.6 is 34.5 Å². The highest BCUT2D eigenvalue weighted by molar-refractivity contribution is 7.16. The fraction of sp³-hybridized carbons (Fsp3) is 0.385. The standard InChI is InChI=1S/C13H15Cl2N3S/c1-3-18(8-10-6-4-5-9(2)16-10)13-17-12(15)11(7-14)19-13/h4-6H,3,7-8H2,1-2H3. The normalized spacial score (nSPS) is 10.7. The van der Waals surface area contributed by atoms with Gasteiger partial charge in [-0.05, 0) is 26.0 Å². The van der Waals surface area contributed by atoms with Crippen LogP contribution in [0.5, 0.6) is 0 Å². The Morgan fingerprint density at radius 3 is 2.68 bits per heavy atom. The maximum absolute atomic E-state index is 6.05. The van der Waals surface area contributed by atoms with Crippen LogP contribution in [0.1, 0.15) is 23.2 Å². The maximum atomic E-state index is 6.05. The molecule has 0 saturated heterocycles. The average Bonchev–Trinajstić information content (AvgIpc) is 2.77. The summed E-state index contributed by atoms with van der Waals surface area (Å²) in [4.78, 5) is 11.9. The minimum atomic E-state index is 0.400. The number of anilines is 1. The number of aryl methyl sites for hydroxylation is 1. The highest BCUT2D eigenvalue weighted by atomic mass is 35.5. The Morgan fingerprint density at radius 2 is 2.11 bits per heavy atom. The molecule has 3 nitrogen and oxygen atoms in total. The number of halogens is 2. The second-order valence-electron chi connectivity index (χ2n) is 4.13. The van der Waals surface area contributed by atoms with Gasteiger partial charge >= 0.3 is 0 Å². The number of hydrogen-bond donors (Lipinski definition) is 0. The molecule has 2 aromatic heterocycles. The summed E-state index contributed by atoms with van der Waals surface area (Å²) in [5.41, 5.74) is 2.05. The number of nitrogens with zero attached hydrogens (tertiary/aromatic N) is 3. The van der Waals surface area contributed by atoms with Crippen molar-refractivity contribution in [2.24, 2.45) is 0 Å². The molecule has 0 bridgehead atoms. The number of thiazole rings is 1. The Hall–Kier alpha value is -0.840. The summed E-state index contributed by atoms with van der Waals surface area (Å²) >= 11 is 13.4. The molecule has 0 amide bonds. The molecule has 2 heterocycles. The van der Waals surface area contributed by atoms with Gasteiger partial charge in [0.2, 0.25) is 0 Å². The fourth-order valence-electron chi connectivity index (χ4n) is 1.74. The van der Waals surface area contributed by atoms with Gasteiger partial charge in [-0.3, -0.25) is 4.98 Å². The van der Waals surface area contributed by atoms with Crippen molar-refractivity contribution in [1.29, 1.82) is 0 Å². The molecular weight excluding hydrogens is 301 g/mol. The Kier molecular flexibility index (Phi) is 5.02. The van der Waals surface area contributed by atoms with Gasteiger partial charge in [0.15, 0.2) is 5.13 Å². The first kappa shape index (κ1) is 14.6. The molecule has 0 radical (unpaired) electrons. The largest absolute Gasteiger partial charge is 0.342 e. The Balaban J connectivity index is 2.19. The van der Waals surface area contributed by atoms with E-state index in [2.05, 4.69) is 21.8 Å². The van der Waals surface area contributed by atoms with Gasteiger partial charge in [-0.2, -0.15) is 0 Å². The molecule has 102 valence electrons. The lowest BCUT2D eigenvalue weighted by atomic mass is 10.3. The minimum absolute atomic E-state index is 0.400. The molecule has 0 aromatic carbocycles. The topological polar surface area (TPSA) is 29.0 Å². The SMILES string of the molecule is CCN(Cc1cccc(C)n1)c1nc(Cl)c(CCl)s1. The van der Waals surface area contributed by atoms with Crippen LogP contribution in [0.3, 0.4) is 0 Å². The third-order valence-corrected chi connectivity index (χ3v) is 4.68. The average molecular weight is 316 g/mol. The molecule has 0 atom stereocenters. The minimum Gasteiger partial charge on any atom is -0.342 e. The van der Waals surface area contributed by atoms with E-state index < -0.39 is 0 Å². The van der Waals surface area contributed by atoms with Gasteiger partial charge in [-0.15, -0.1) is 11.6 Å². The Labute approximate surface area is 127 Å². The van der Waals surface area contributed by atoms with E-state index in [0.717, 1.165) is 34.5 Å². The zero-order valence-corrected chi connectivity index (χ0v) is 13.2. The first-order chi connectivity index (χ1) is 9.13. The van der Waals surface area contributed by atoms with Crippen molar-refractivity contribution in [3.8, 4) is 0 Å². The molecule has 0 saturated carbocycles. The molecule has 2 rings (SSSR count). The number of pyridine rings is 1. The predicted octanol–water partition coefficient (Wildman–Crippen LogP) is 4.27. The van der Waals surface area contributed by atoms with Crippen molar-refractivity contribution in [3.05, 3.63) is 39.6 Å². The first-order valence-electron chi connectivity index (χ1n) is 6.02. The quantitative estimate of drug-likeness (QED) is 0.772. The second kappa shape index (κ2) is 6.55. The third-order valence-electron chi connectivity index (χ3n) is 2.71. The first-order valence-corrected chi connectivity index (χ1v) is 7.75. The van der Waals surface area contributed by atoms with Crippen LogP contribution in [0.25, 0.3) is 0 Å². The van der Waals surface area contributed by atoms with E-state index in [1.807, 2.05) is 25.1 Å². The summed E-state index contributed by atoms with van der Waals surface area (Å²) < 4.78 is 0. The molecule has 0 aliphatic heterocycles. The maximum Gasteiger partial charge on any atom is 0.187 e. The number of alkyl halides is 1. The summed E-state index contributed by atoms with van der Waals surface area (Å²) in [6.07, 6.45) is 0. The lowest BCUT2D eigenvalue weighted by molar-refractivity contribution is 0.801. The zero-order chi connectivity index (χ0) is 13.8. The van der Waals surface area contributed by atoms with Crippen molar-refractivity contribution >= 4 is 39.7 Å². The van der Waals surface area contributed by atoms with E-state index in [9.17, 15) is 0 Å². The molecule has 0 aliphatic rings. The van der Waals surface area contributed by atoms with Crippen molar-refractivity contribution in [2.45, 2.75) is 26.3 Å².